The summed E-state index contributed by atoms with van der Waals surface area (Å²) in [6, 6.07) is 12.9. The molecule has 2 heterocycles. The lowest BCUT2D eigenvalue weighted by molar-refractivity contribution is 0.409. The summed E-state index contributed by atoms with van der Waals surface area (Å²) in [6.45, 7) is 2.02. The number of nitrogens with zero attached hydrogens (tertiary/aromatic N) is 2. The number of aliphatic imine (C=N–C) groups is 1. The summed E-state index contributed by atoms with van der Waals surface area (Å²) >= 11 is 10.2. The molecule has 0 aromatic heterocycles. The maximum Gasteiger partial charge on any atom is 0.131 e. The number of fused-ring (bicyclic) bond motifs is 1. The van der Waals surface area contributed by atoms with Gasteiger partial charge in [0.1, 0.15) is 11.6 Å². The molecule has 0 bridgehead atoms. The van der Waals surface area contributed by atoms with Gasteiger partial charge in [-0.15, -0.1) is 0 Å². The summed E-state index contributed by atoms with van der Waals surface area (Å²) in [7, 11) is 1.72. The molecule has 0 N–H and O–H groups in total. The Morgan fingerprint density at radius 2 is 2.15 bits per heavy atom. The van der Waals surface area contributed by atoms with E-state index in [9.17, 15) is 0 Å². The van der Waals surface area contributed by atoms with Crippen LogP contribution in [0.2, 0.25) is 5.02 Å². The summed E-state index contributed by atoms with van der Waals surface area (Å²) in [6.07, 6.45) is 4.24. The molecule has 3 nitrogen and oxygen atoms in total. The zero-order valence-corrected chi connectivity index (χ0v) is 17.2. The highest BCUT2D eigenvalue weighted by Gasteiger charge is 2.33. The van der Waals surface area contributed by atoms with Gasteiger partial charge in [0.05, 0.1) is 19.7 Å². The van der Waals surface area contributed by atoms with E-state index in [4.69, 9.17) is 21.3 Å². The normalized spacial score (nSPS) is 18.8. The minimum Gasteiger partial charge on any atom is -0.496 e. The van der Waals surface area contributed by atoms with Crippen molar-refractivity contribution in [3.63, 3.8) is 0 Å². The maximum absolute atomic E-state index is 6.61. The molecular weight excluding hydrogens is 412 g/mol. The number of ether oxygens (including phenoxy) is 1. The minimum atomic E-state index is 0.585. The Balaban J connectivity index is 1.62. The number of benzene rings is 2. The van der Waals surface area contributed by atoms with Gasteiger partial charge in [0, 0.05) is 21.6 Å². The highest BCUT2D eigenvalue weighted by Crippen LogP contribution is 2.31. The predicted molar refractivity (Wildman–Crippen MR) is 111 cm³/mol. The largest absolute Gasteiger partial charge is 0.496 e. The molecule has 0 unspecified atom stereocenters. The maximum atomic E-state index is 6.61. The highest BCUT2D eigenvalue weighted by molar-refractivity contribution is 9.10. The van der Waals surface area contributed by atoms with Crippen LogP contribution >= 0.6 is 27.5 Å². The van der Waals surface area contributed by atoms with E-state index in [1.54, 1.807) is 7.11 Å². The van der Waals surface area contributed by atoms with Crippen molar-refractivity contribution in [3.8, 4) is 5.75 Å². The number of hydrogen-bond donors (Lipinski definition) is 0. The first kappa shape index (κ1) is 17.9. The first-order chi connectivity index (χ1) is 12.7. The number of hydrogen-bond acceptors (Lipinski definition) is 3. The lowest BCUT2D eigenvalue weighted by Gasteiger charge is -2.22. The Labute approximate surface area is 168 Å². The van der Waals surface area contributed by atoms with Crippen LogP contribution in [0.5, 0.6) is 5.75 Å². The van der Waals surface area contributed by atoms with Gasteiger partial charge in [0.15, 0.2) is 0 Å². The molecule has 136 valence electrons. The summed E-state index contributed by atoms with van der Waals surface area (Å²) in [5.74, 6) is 2.05. The summed E-state index contributed by atoms with van der Waals surface area (Å²) in [5, 5.41) is 0.821. The van der Waals surface area contributed by atoms with E-state index < -0.39 is 0 Å². The molecule has 0 saturated carbocycles. The highest BCUT2D eigenvalue weighted by atomic mass is 79.9. The molecule has 0 aliphatic carbocycles. The molecule has 2 aliphatic rings. The van der Waals surface area contributed by atoms with E-state index in [-0.39, 0.29) is 0 Å². The molecule has 2 aliphatic heterocycles. The summed E-state index contributed by atoms with van der Waals surface area (Å²) in [4.78, 5) is 7.31. The lowest BCUT2D eigenvalue weighted by atomic mass is 9.98. The van der Waals surface area contributed by atoms with Crippen molar-refractivity contribution in [2.45, 2.75) is 31.7 Å². The molecule has 1 saturated heterocycles. The van der Waals surface area contributed by atoms with E-state index in [1.165, 1.54) is 29.5 Å². The van der Waals surface area contributed by atoms with E-state index in [0.717, 1.165) is 47.0 Å². The van der Waals surface area contributed by atoms with Crippen molar-refractivity contribution in [1.29, 1.82) is 0 Å². The first-order valence-electron chi connectivity index (χ1n) is 9.08. The number of methoxy groups -OCH3 is 1. The van der Waals surface area contributed by atoms with E-state index in [1.807, 2.05) is 24.3 Å². The van der Waals surface area contributed by atoms with Crippen LogP contribution in [0.15, 0.2) is 45.9 Å². The Kier molecular flexibility index (Phi) is 5.23. The molecule has 4 rings (SSSR count). The average Bonchev–Trinajstić information content (AvgIpc) is 3.24. The molecule has 0 spiro atoms. The SMILES string of the molecule is COc1ccc(Br)cc1CCc1c(Cl)cccc1C1=NC[C@@H]2CCCN12. The monoisotopic (exact) mass is 432 g/mol. The second kappa shape index (κ2) is 7.61. The van der Waals surface area contributed by atoms with Crippen LogP contribution in [-0.2, 0) is 12.8 Å². The van der Waals surface area contributed by atoms with Gasteiger partial charge < -0.3 is 9.64 Å². The van der Waals surface area contributed by atoms with Gasteiger partial charge in [-0.05, 0) is 61.1 Å². The van der Waals surface area contributed by atoms with Crippen molar-refractivity contribution in [1.82, 2.24) is 4.90 Å². The van der Waals surface area contributed by atoms with Crippen LogP contribution in [0.3, 0.4) is 0 Å². The third kappa shape index (κ3) is 3.37. The Morgan fingerprint density at radius 3 is 3.00 bits per heavy atom. The Hall–Kier alpha value is -1.52. The molecule has 0 radical (unpaired) electrons. The van der Waals surface area contributed by atoms with E-state index in [2.05, 4.69) is 33.0 Å². The van der Waals surface area contributed by atoms with Crippen molar-refractivity contribution in [3.05, 3.63) is 62.6 Å². The van der Waals surface area contributed by atoms with Gasteiger partial charge in [0.2, 0.25) is 0 Å². The molecule has 1 fully saturated rings. The fourth-order valence-electron chi connectivity index (χ4n) is 4.05. The zero-order valence-electron chi connectivity index (χ0n) is 14.8. The molecule has 1 atom stereocenters. The molecule has 26 heavy (non-hydrogen) atoms. The quantitative estimate of drug-likeness (QED) is 0.654. The molecule has 2 aromatic carbocycles. The third-order valence-electron chi connectivity index (χ3n) is 5.35. The van der Waals surface area contributed by atoms with Gasteiger partial charge in [-0.1, -0.05) is 39.7 Å². The van der Waals surface area contributed by atoms with Crippen LogP contribution in [0.1, 0.15) is 29.5 Å². The second-order valence-corrected chi connectivity index (χ2v) is 8.20. The molecule has 5 heteroatoms. The van der Waals surface area contributed by atoms with E-state index in [0.29, 0.717) is 6.04 Å². The van der Waals surface area contributed by atoms with E-state index >= 15 is 0 Å². The average molecular weight is 434 g/mol. The van der Waals surface area contributed by atoms with Crippen LogP contribution in [0.25, 0.3) is 0 Å². The molecule has 0 amide bonds. The topological polar surface area (TPSA) is 24.8 Å². The number of amidine groups is 1. The third-order valence-corrected chi connectivity index (χ3v) is 6.19. The van der Waals surface area contributed by atoms with Crippen LogP contribution in [0, 0.1) is 0 Å². The minimum absolute atomic E-state index is 0.585. The second-order valence-electron chi connectivity index (χ2n) is 6.88. The van der Waals surface area contributed by atoms with Crippen LogP contribution < -0.4 is 4.74 Å². The number of aryl methyl sites for hydroxylation is 1. The standard InChI is InChI=1S/C21H22BrClN2O/c1-26-20-10-8-15(22)12-14(20)7-9-17-18(5-2-6-19(17)23)21-24-13-16-4-3-11-25(16)21/h2,5-6,8,10,12,16H,3-4,7,9,11,13H2,1H3/t16-/m0/s1. The zero-order chi connectivity index (χ0) is 18.1. The van der Waals surface area contributed by atoms with Gasteiger partial charge in [-0.3, -0.25) is 4.99 Å². The fourth-order valence-corrected chi connectivity index (χ4v) is 4.73. The van der Waals surface area contributed by atoms with Gasteiger partial charge in [-0.25, -0.2) is 0 Å². The van der Waals surface area contributed by atoms with Gasteiger partial charge in [-0.2, -0.15) is 0 Å². The van der Waals surface area contributed by atoms with Crippen LogP contribution in [0.4, 0.5) is 0 Å². The van der Waals surface area contributed by atoms with Crippen molar-refractivity contribution >= 4 is 33.4 Å². The van der Waals surface area contributed by atoms with Crippen molar-refractivity contribution < 1.29 is 4.74 Å². The predicted octanol–water partition coefficient (Wildman–Crippen LogP) is 5.12. The Bertz CT molecular complexity index is 852. The van der Waals surface area contributed by atoms with Crippen LogP contribution in [-0.4, -0.2) is 37.0 Å². The first-order valence-corrected chi connectivity index (χ1v) is 10.3. The summed E-state index contributed by atoms with van der Waals surface area (Å²) < 4.78 is 6.58. The van der Waals surface area contributed by atoms with Gasteiger partial charge >= 0.3 is 0 Å². The molecular formula is C21H22BrClN2O. The number of halogens is 2. The smallest absolute Gasteiger partial charge is 0.131 e. The fraction of sp³-hybridized carbons (Fsp3) is 0.381. The Morgan fingerprint density at radius 1 is 1.27 bits per heavy atom. The lowest BCUT2D eigenvalue weighted by Crippen LogP contribution is -2.32. The van der Waals surface area contributed by atoms with Crippen molar-refractivity contribution in [2.24, 2.45) is 4.99 Å². The number of rotatable bonds is 5. The van der Waals surface area contributed by atoms with Gasteiger partial charge in [0.25, 0.3) is 0 Å². The summed E-state index contributed by atoms with van der Waals surface area (Å²) in [5.41, 5.74) is 3.55. The van der Waals surface area contributed by atoms with Crippen molar-refractivity contribution in [2.75, 3.05) is 20.2 Å². The molecule has 2 aromatic rings.